The topological polar surface area (TPSA) is 72.5 Å². The summed E-state index contributed by atoms with van der Waals surface area (Å²) < 4.78 is 5.47. The summed E-state index contributed by atoms with van der Waals surface area (Å²) in [6, 6.07) is 2.97. The molecule has 1 aromatic rings. The number of carbonyl (C=O) groups is 1. The Morgan fingerprint density at radius 2 is 1.94 bits per heavy atom. The maximum Gasteiger partial charge on any atom is 0.324 e. The number of carboxylic acids is 1. The predicted molar refractivity (Wildman–Crippen MR) is 61.8 cm³/mol. The standard InChI is InChI=1S/C12H17NO3/c1-7-4-5-8(2)11(9(7)3)16-6-10(13)12(14)15/h4-5,10H,6,13H2,1-3H3,(H,14,15). The lowest BCUT2D eigenvalue weighted by molar-refractivity contribution is -0.139. The molecule has 16 heavy (non-hydrogen) atoms. The first-order valence-corrected chi connectivity index (χ1v) is 5.11. The summed E-state index contributed by atoms with van der Waals surface area (Å²) in [5.41, 5.74) is 8.51. The first kappa shape index (κ1) is 12.5. The van der Waals surface area contributed by atoms with E-state index in [1.165, 1.54) is 0 Å². The Bertz CT molecular complexity index is 401. The van der Waals surface area contributed by atoms with E-state index in [4.69, 9.17) is 15.6 Å². The molecule has 0 radical (unpaired) electrons. The van der Waals surface area contributed by atoms with Crippen molar-refractivity contribution >= 4 is 5.97 Å². The minimum Gasteiger partial charge on any atom is -0.491 e. The van der Waals surface area contributed by atoms with Gasteiger partial charge in [-0.15, -0.1) is 0 Å². The van der Waals surface area contributed by atoms with E-state index >= 15 is 0 Å². The van der Waals surface area contributed by atoms with Crippen LogP contribution in [0, 0.1) is 20.8 Å². The number of benzene rings is 1. The van der Waals surface area contributed by atoms with Crippen LogP contribution in [0.15, 0.2) is 12.1 Å². The van der Waals surface area contributed by atoms with Crippen molar-refractivity contribution in [1.82, 2.24) is 0 Å². The maximum absolute atomic E-state index is 10.6. The van der Waals surface area contributed by atoms with Gasteiger partial charge in [0, 0.05) is 0 Å². The van der Waals surface area contributed by atoms with Crippen molar-refractivity contribution in [2.45, 2.75) is 26.8 Å². The molecule has 0 heterocycles. The highest BCUT2D eigenvalue weighted by Crippen LogP contribution is 2.25. The summed E-state index contributed by atoms with van der Waals surface area (Å²) in [5, 5.41) is 8.65. The summed E-state index contributed by atoms with van der Waals surface area (Å²) in [5.74, 6) is -0.320. The molecule has 0 aliphatic carbocycles. The molecular weight excluding hydrogens is 206 g/mol. The number of aliphatic carboxylic acids is 1. The molecule has 0 bridgehead atoms. The number of hydrogen-bond donors (Lipinski definition) is 2. The molecule has 1 rings (SSSR count). The molecular formula is C12H17NO3. The molecule has 0 aliphatic rings. The Balaban J connectivity index is 2.81. The highest BCUT2D eigenvalue weighted by atomic mass is 16.5. The van der Waals surface area contributed by atoms with Crippen LogP contribution in [0.2, 0.25) is 0 Å². The zero-order chi connectivity index (χ0) is 12.3. The van der Waals surface area contributed by atoms with Gasteiger partial charge in [-0.1, -0.05) is 12.1 Å². The molecule has 0 spiro atoms. The molecule has 88 valence electrons. The van der Waals surface area contributed by atoms with E-state index in [0.717, 1.165) is 22.4 Å². The fourth-order valence-corrected chi connectivity index (χ4v) is 1.39. The molecule has 0 amide bonds. The minimum absolute atomic E-state index is 0.0134. The van der Waals surface area contributed by atoms with Crippen molar-refractivity contribution in [1.29, 1.82) is 0 Å². The largest absolute Gasteiger partial charge is 0.491 e. The van der Waals surface area contributed by atoms with Crippen molar-refractivity contribution in [2.24, 2.45) is 5.73 Å². The first-order chi connectivity index (χ1) is 7.43. The zero-order valence-electron chi connectivity index (χ0n) is 9.78. The second-order valence-electron chi connectivity index (χ2n) is 3.91. The summed E-state index contributed by atoms with van der Waals surface area (Å²) in [4.78, 5) is 10.6. The number of rotatable bonds is 4. The molecule has 1 aromatic carbocycles. The molecule has 0 saturated carbocycles. The van der Waals surface area contributed by atoms with Crippen LogP contribution in [-0.2, 0) is 4.79 Å². The third-order valence-corrected chi connectivity index (χ3v) is 2.60. The molecule has 4 nitrogen and oxygen atoms in total. The monoisotopic (exact) mass is 223 g/mol. The van der Waals surface area contributed by atoms with Crippen LogP contribution in [-0.4, -0.2) is 23.7 Å². The van der Waals surface area contributed by atoms with E-state index in [1.807, 2.05) is 32.9 Å². The SMILES string of the molecule is Cc1ccc(C)c(OCC(N)C(=O)O)c1C. The van der Waals surface area contributed by atoms with Crippen molar-refractivity contribution in [2.75, 3.05) is 6.61 Å². The van der Waals surface area contributed by atoms with Crippen LogP contribution in [0.5, 0.6) is 5.75 Å². The Morgan fingerprint density at radius 1 is 1.38 bits per heavy atom. The Labute approximate surface area is 95.0 Å². The van der Waals surface area contributed by atoms with Gasteiger partial charge in [0.05, 0.1) is 0 Å². The average Bonchev–Trinajstić information content (AvgIpc) is 2.23. The van der Waals surface area contributed by atoms with Crippen LogP contribution >= 0.6 is 0 Å². The fraction of sp³-hybridized carbons (Fsp3) is 0.417. The van der Waals surface area contributed by atoms with Gasteiger partial charge < -0.3 is 15.6 Å². The lowest BCUT2D eigenvalue weighted by Crippen LogP contribution is -2.36. The van der Waals surface area contributed by atoms with Crippen LogP contribution < -0.4 is 10.5 Å². The molecule has 0 aliphatic heterocycles. The molecule has 0 aromatic heterocycles. The number of nitrogens with two attached hydrogens (primary N) is 1. The number of hydrogen-bond acceptors (Lipinski definition) is 3. The first-order valence-electron chi connectivity index (χ1n) is 5.11. The van der Waals surface area contributed by atoms with Gasteiger partial charge in [0.2, 0.25) is 0 Å². The quantitative estimate of drug-likeness (QED) is 0.809. The number of ether oxygens (including phenoxy) is 1. The van der Waals surface area contributed by atoms with E-state index in [1.54, 1.807) is 0 Å². The van der Waals surface area contributed by atoms with E-state index in [2.05, 4.69) is 0 Å². The second kappa shape index (κ2) is 4.99. The van der Waals surface area contributed by atoms with Crippen molar-refractivity contribution in [3.8, 4) is 5.75 Å². The van der Waals surface area contributed by atoms with Gasteiger partial charge in [-0.25, -0.2) is 0 Å². The van der Waals surface area contributed by atoms with Crippen LogP contribution in [0.25, 0.3) is 0 Å². The fourth-order valence-electron chi connectivity index (χ4n) is 1.39. The number of carboxylic acid groups (broad SMARTS) is 1. The van der Waals surface area contributed by atoms with Crippen LogP contribution in [0.4, 0.5) is 0 Å². The van der Waals surface area contributed by atoms with Crippen LogP contribution in [0.1, 0.15) is 16.7 Å². The highest BCUT2D eigenvalue weighted by molar-refractivity contribution is 5.73. The third-order valence-electron chi connectivity index (χ3n) is 2.60. The smallest absolute Gasteiger partial charge is 0.324 e. The lowest BCUT2D eigenvalue weighted by Gasteiger charge is -2.15. The molecule has 0 saturated heterocycles. The van der Waals surface area contributed by atoms with E-state index in [9.17, 15) is 4.79 Å². The van der Waals surface area contributed by atoms with E-state index < -0.39 is 12.0 Å². The van der Waals surface area contributed by atoms with Crippen LogP contribution in [0.3, 0.4) is 0 Å². The molecule has 3 N–H and O–H groups in total. The zero-order valence-corrected chi connectivity index (χ0v) is 9.78. The molecule has 1 atom stereocenters. The van der Waals surface area contributed by atoms with Gasteiger partial charge in [0.25, 0.3) is 0 Å². The van der Waals surface area contributed by atoms with Gasteiger partial charge in [0.1, 0.15) is 18.4 Å². The third kappa shape index (κ3) is 2.73. The Hall–Kier alpha value is -1.55. The summed E-state index contributed by atoms with van der Waals surface area (Å²) in [6.45, 7) is 5.84. The van der Waals surface area contributed by atoms with Crippen molar-refractivity contribution in [3.63, 3.8) is 0 Å². The van der Waals surface area contributed by atoms with Crippen molar-refractivity contribution < 1.29 is 14.6 Å². The molecule has 0 fully saturated rings. The van der Waals surface area contributed by atoms with E-state index in [-0.39, 0.29) is 6.61 Å². The summed E-state index contributed by atoms with van der Waals surface area (Å²) >= 11 is 0. The molecule has 1 unspecified atom stereocenters. The summed E-state index contributed by atoms with van der Waals surface area (Å²) in [7, 11) is 0. The second-order valence-corrected chi connectivity index (χ2v) is 3.91. The normalized spacial score (nSPS) is 12.2. The van der Waals surface area contributed by atoms with Gasteiger partial charge in [-0.05, 0) is 37.5 Å². The number of aryl methyl sites for hydroxylation is 2. The highest BCUT2D eigenvalue weighted by Gasteiger charge is 2.14. The predicted octanol–water partition coefficient (Wildman–Crippen LogP) is 1.40. The Kier molecular flexibility index (Phi) is 3.90. The minimum atomic E-state index is -1.05. The van der Waals surface area contributed by atoms with Crippen molar-refractivity contribution in [3.05, 3.63) is 28.8 Å². The van der Waals surface area contributed by atoms with Gasteiger partial charge >= 0.3 is 5.97 Å². The van der Waals surface area contributed by atoms with Gasteiger partial charge in [-0.3, -0.25) is 4.79 Å². The van der Waals surface area contributed by atoms with Gasteiger partial charge in [0.15, 0.2) is 0 Å². The summed E-state index contributed by atoms with van der Waals surface area (Å²) in [6.07, 6.45) is 0. The maximum atomic E-state index is 10.6. The Morgan fingerprint density at radius 3 is 2.50 bits per heavy atom. The molecule has 4 heteroatoms. The van der Waals surface area contributed by atoms with E-state index in [0.29, 0.717) is 0 Å². The lowest BCUT2D eigenvalue weighted by atomic mass is 10.1. The average molecular weight is 223 g/mol. The van der Waals surface area contributed by atoms with Gasteiger partial charge in [-0.2, -0.15) is 0 Å².